The Labute approximate surface area is 271 Å². The fourth-order valence-electron chi connectivity index (χ4n) is 7.56. The van der Waals surface area contributed by atoms with Crippen LogP contribution >= 0.6 is 0 Å². The van der Waals surface area contributed by atoms with Crippen molar-refractivity contribution in [3.05, 3.63) is 203 Å². The van der Waals surface area contributed by atoms with Gasteiger partial charge in [0.15, 0.2) is 0 Å². The maximum Gasteiger partial charge on any atom is 0.0714 e. The number of nitrogens with one attached hydrogen (secondary N) is 1. The third-order valence-electron chi connectivity index (χ3n) is 9.66. The van der Waals surface area contributed by atoms with Crippen LogP contribution in [0.3, 0.4) is 0 Å². The molecule has 220 valence electrons. The van der Waals surface area contributed by atoms with Crippen molar-refractivity contribution < 1.29 is 0 Å². The largest absolute Gasteiger partial charge is 0.355 e. The normalized spacial score (nSPS) is 12.7. The minimum absolute atomic E-state index is 0.431. The average Bonchev–Trinajstić information content (AvgIpc) is 3.42. The van der Waals surface area contributed by atoms with Crippen molar-refractivity contribution in [3.63, 3.8) is 0 Å². The second kappa shape index (κ2) is 11.4. The molecule has 0 radical (unpaired) electrons. The van der Waals surface area contributed by atoms with Crippen LogP contribution in [0.25, 0.3) is 33.4 Å². The van der Waals surface area contributed by atoms with E-state index in [1.54, 1.807) is 0 Å². The van der Waals surface area contributed by atoms with E-state index in [0.29, 0.717) is 0 Å². The van der Waals surface area contributed by atoms with Crippen LogP contribution in [0, 0.1) is 13.8 Å². The van der Waals surface area contributed by atoms with E-state index < -0.39 is 5.41 Å². The minimum atomic E-state index is -0.431. The molecule has 0 saturated heterocycles. The topological polar surface area (TPSA) is 12.0 Å². The molecule has 7 aromatic carbocycles. The van der Waals surface area contributed by atoms with E-state index in [2.05, 4.69) is 189 Å². The summed E-state index contributed by atoms with van der Waals surface area (Å²) < 4.78 is 0. The van der Waals surface area contributed by atoms with Gasteiger partial charge in [-0.05, 0) is 87.7 Å². The van der Waals surface area contributed by atoms with Gasteiger partial charge in [-0.1, -0.05) is 152 Å². The number of aryl methyl sites for hydroxylation is 2. The molecule has 1 aliphatic carbocycles. The number of anilines is 2. The smallest absolute Gasteiger partial charge is 0.0714 e. The van der Waals surface area contributed by atoms with Crippen molar-refractivity contribution >= 4 is 11.4 Å². The van der Waals surface area contributed by atoms with E-state index in [1.165, 1.54) is 66.8 Å². The van der Waals surface area contributed by atoms with Gasteiger partial charge in [-0.15, -0.1) is 0 Å². The van der Waals surface area contributed by atoms with Crippen LogP contribution in [0.1, 0.15) is 33.4 Å². The molecule has 0 aliphatic heterocycles. The Morgan fingerprint density at radius 3 is 1.59 bits per heavy atom. The van der Waals surface area contributed by atoms with E-state index in [4.69, 9.17) is 0 Å². The standard InChI is InChI=1S/C45H35N/c1-31-16-9-11-22-36(31)33-28-29-42(39(30-33)37-23-12-10-17-32(37)2)46-43-27-15-26-41-44(43)38-24-13-14-25-40(38)45(41,34-18-5-3-6-19-34)35-20-7-4-8-21-35/h3-30,46H,1-2H3. The molecule has 0 unspecified atom stereocenters. The zero-order chi connectivity index (χ0) is 31.1. The molecule has 8 rings (SSSR count). The van der Waals surface area contributed by atoms with Gasteiger partial charge < -0.3 is 5.32 Å². The second-order valence-electron chi connectivity index (χ2n) is 12.3. The van der Waals surface area contributed by atoms with Gasteiger partial charge in [0, 0.05) is 22.5 Å². The van der Waals surface area contributed by atoms with Gasteiger partial charge in [0.2, 0.25) is 0 Å². The second-order valence-corrected chi connectivity index (χ2v) is 12.3. The minimum Gasteiger partial charge on any atom is -0.355 e. The molecule has 0 fully saturated rings. The molecular weight excluding hydrogens is 555 g/mol. The van der Waals surface area contributed by atoms with Gasteiger partial charge in [-0.3, -0.25) is 0 Å². The van der Waals surface area contributed by atoms with E-state index in [-0.39, 0.29) is 0 Å². The summed E-state index contributed by atoms with van der Waals surface area (Å²) in [5.74, 6) is 0. The van der Waals surface area contributed by atoms with E-state index in [9.17, 15) is 0 Å². The summed E-state index contributed by atoms with van der Waals surface area (Å²) in [6, 6.07) is 61.9. The molecule has 0 aromatic heterocycles. The molecule has 1 nitrogen and oxygen atoms in total. The Hall–Kier alpha value is -5.66. The Kier molecular flexibility index (Phi) is 6.88. The van der Waals surface area contributed by atoms with Gasteiger partial charge in [-0.2, -0.15) is 0 Å². The van der Waals surface area contributed by atoms with Gasteiger partial charge in [0.1, 0.15) is 0 Å². The van der Waals surface area contributed by atoms with Crippen molar-refractivity contribution in [2.24, 2.45) is 0 Å². The van der Waals surface area contributed by atoms with Crippen LogP contribution in [0.4, 0.5) is 11.4 Å². The maximum atomic E-state index is 3.97. The summed E-state index contributed by atoms with van der Waals surface area (Å²) >= 11 is 0. The highest BCUT2D eigenvalue weighted by molar-refractivity contribution is 5.96. The number of rotatable bonds is 6. The summed E-state index contributed by atoms with van der Waals surface area (Å²) in [6.07, 6.45) is 0. The zero-order valence-corrected chi connectivity index (χ0v) is 26.2. The highest BCUT2D eigenvalue weighted by Crippen LogP contribution is 2.58. The summed E-state index contributed by atoms with van der Waals surface area (Å²) in [6.45, 7) is 4.38. The maximum absolute atomic E-state index is 3.97. The van der Waals surface area contributed by atoms with Crippen LogP contribution in [0.15, 0.2) is 170 Å². The molecule has 46 heavy (non-hydrogen) atoms. The van der Waals surface area contributed by atoms with Crippen molar-refractivity contribution in [1.82, 2.24) is 0 Å². The van der Waals surface area contributed by atoms with Crippen LogP contribution in [-0.2, 0) is 5.41 Å². The molecule has 7 aromatic rings. The lowest BCUT2D eigenvalue weighted by molar-refractivity contribution is 0.768. The van der Waals surface area contributed by atoms with Crippen LogP contribution in [0.2, 0.25) is 0 Å². The van der Waals surface area contributed by atoms with Crippen molar-refractivity contribution in [2.45, 2.75) is 19.3 Å². The monoisotopic (exact) mass is 589 g/mol. The van der Waals surface area contributed by atoms with Crippen molar-refractivity contribution in [3.8, 4) is 33.4 Å². The van der Waals surface area contributed by atoms with Crippen LogP contribution < -0.4 is 5.32 Å². The van der Waals surface area contributed by atoms with Crippen molar-refractivity contribution in [1.29, 1.82) is 0 Å². The lowest BCUT2D eigenvalue weighted by Gasteiger charge is -2.34. The number of hydrogen-bond acceptors (Lipinski definition) is 1. The molecule has 0 saturated carbocycles. The summed E-state index contributed by atoms with van der Waals surface area (Å²) in [5.41, 5.74) is 16.9. The predicted molar refractivity (Wildman–Crippen MR) is 194 cm³/mol. The van der Waals surface area contributed by atoms with Gasteiger partial charge in [0.05, 0.1) is 5.41 Å². The molecule has 0 spiro atoms. The first-order valence-electron chi connectivity index (χ1n) is 16.0. The van der Waals surface area contributed by atoms with Crippen LogP contribution in [-0.4, -0.2) is 0 Å². The molecule has 0 atom stereocenters. The van der Waals surface area contributed by atoms with Crippen molar-refractivity contribution in [2.75, 3.05) is 5.32 Å². The lowest BCUT2D eigenvalue weighted by atomic mass is 9.68. The predicted octanol–water partition coefficient (Wildman–Crippen LogP) is 11.7. The number of fused-ring (bicyclic) bond motifs is 3. The summed E-state index contributed by atoms with van der Waals surface area (Å²) in [7, 11) is 0. The van der Waals surface area contributed by atoms with Gasteiger partial charge >= 0.3 is 0 Å². The molecule has 0 bridgehead atoms. The first-order chi connectivity index (χ1) is 22.7. The Morgan fingerprint density at radius 2 is 0.935 bits per heavy atom. The SMILES string of the molecule is Cc1ccccc1-c1ccc(Nc2cccc3c2-c2ccccc2C3(c2ccccc2)c2ccccc2)c(-c2ccccc2C)c1. The Bertz CT molecular complexity index is 2150. The molecule has 1 aliphatic rings. The zero-order valence-electron chi connectivity index (χ0n) is 26.2. The summed E-state index contributed by atoms with van der Waals surface area (Å²) in [4.78, 5) is 0. The fourth-order valence-corrected chi connectivity index (χ4v) is 7.56. The fraction of sp³-hybridized carbons (Fsp3) is 0.0667. The third kappa shape index (κ3) is 4.39. The van der Waals surface area contributed by atoms with Gasteiger partial charge in [-0.25, -0.2) is 0 Å². The molecule has 1 heteroatoms. The quantitative estimate of drug-likeness (QED) is 0.203. The first kappa shape index (κ1) is 27.9. The molecule has 0 heterocycles. The lowest BCUT2D eigenvalue weighted by Crippen LogP contribution is -2.28. The first-order valence-corrected chi connectivity index (χ1v) is 16.0. The average molecular weight is 590 g/mol. The number of hydrogen-bond donors (Lipinski definition) is 1. The van der Waals surface area contributed by atoms with E-state index in [0.717, 1.165) is 11.4 Å². The van der Waals surface area contributed by atoms with E-state index >= 15 is 0 Å². The highest BCUT2D eigenvalue weighted by Gasteiger charge is 2.46. The third-order valence-corrected chi connectivity index (χ3v) is 9.66. The van der Waals surface area contributed by atoms with E-state index in [1.807, 2.05) is 0 Å². The highest BCUT2D eigenvalue weighted by atomic mass is 14.9. The molecule has 1 N–H and O–H groups in total. The number of benzene rings is 7. The molecule has 0 amide bonds. The van der Waals surface area contributed by atoms with Gasteiger partial charge in [0.25, 0.3) is 0 Å². The Morgan fingerprint density at radius 1 is 0.391 bits per heavy atom. The van der Waals surface area contributed by atoms with Crippen LogP contribution in [0.5, 0.6) is 0 Å². The Balaban J connectivity index is 1.36. The molecular formula is C45H35N. The summed E-state index contributed by atoms with van der Waals surface area (Å²) in [5, 5.41) is 3.97.